The van der Waals surface area contributed by atoms with Crippen LogP contribution in [0.3, 0.4) is 0 Å². The molecule has 3 heteroatoms. The van der Waals surface area contributed by atoms with Crippen molar-refractivity contribution in [3.63, 3.8) is 0 Å². The van der Waals surface area contributed by atoms with Crippen molar-refractivity contribution in [1.82, 2.24) is 0 Å². The molecule has 0 aliphatic carbocycles. The normalized spacial score (nSPS) is 16.6. The molecule has 0 saturated heterocycles. The molecular weight excluding hydrogens is 304 g/mol. The van der Waals surface area contributed by atoms with Crippen molar-refractivity contribution in [3.05, 3.63) is 63.6 Å². The van der Waals surface area contributed by atoms with Crippen molar-refractivity contribution in [2.45, 2.75) is 18.9 Å². The van der Waals surface area contributed by atoms with Crippen molar-refractivity contribution < 1.29 is 9.84 Å². The number of ether oxygens (including phenoxy) is 1. The highest BCUT2D eigenvalue weighted by atomic mass is 79.9. The van der Waals surface area contributed by atoms with E-state index in [-0.39, 0.29) is 0 Å². The third-order valence-corrected chi connectivity index (χ3v) is 4.33. The first-order chi connectivity index (χ1) is 9.10. The summed E-state index contributed by atoms with van der Waals surface area (Å²) < 4.78 is 6.60. The van der Waals surface area contributed by atoms with Gasteiger partial charge in [-0.25, -0.2) is 0 Å². The van der Waals surface area contributed by atoms with E-state index >= 15 is 0 Å². The molecule has 0 radical (unpaired) electrons. The van der Waals surface area contributed by atoms with Gasteiger partial charge in [0.15, 0.2) is 0 Å². The quantitative estimate of drug-likeness (QED) is 0.916. The van der Waals surface area contributed by atoms with Gasteiger partial charge in [-0.15, -0.1) is 0 Å². The highest BCUT2D eigenvalue weighted by Gasteiger charge is 2.33. The van der Waals surface area contributed by atoms with Crippen LogP contribution in [0, 0.1) is 0 Å². The van der Waals surface area contributed by atoms with E-state index in [1.54, 1.807) is 0 Å². The summed E-state index contributed by atoms with van der Waals surface area (Å²) in [5, 5.41) is 11.0. The molecule has 3 rings (SSSR count). The van der Waals surface area contributed by atoms with E-state index in [1.807, 2.05) is 43.3 Å². The largest absolute Gasteiger partial charge is 0.493 e. The van der Waals surface area contributed by atoms with Crippen LogP contribution >= 0.6 is 15.9 Å². The van der Waals surface area contributed by atoms with E-state index < -0.39 is 5.60 Å². The number of benzene rings is 2. The average Bonchev–Trinajstić information content (AvgIpc) is 2.86. The zero-order valence-electron chi connectivity index (χ0n) is 10.7. The molecule has 2 nitrogen and oxygen atoms in total. The maximum Gasteiger partial charge on any atom is 0.129 e. The van der Waals surface area contributed by atoms with Crippen LogP contribution < -0.4 is 4.74 Å². The SMILES string of the molecule is CC(O)(c1ccccc1Br)c1cccc2c1OCC2. The van der Waals surface area contributed by atoms with Gasteiger partial charge in [-0.2, -0.15) is 0 Å². The lowest BCUT2D eigenvalue weighted by Crippen LogP contribution is -2.24. The van der Waals surface area contributed by atoms with Gasteiger partial charge in [0.1, 0.15) is 11.4 Å². The van der Waals surface area contributed by atoms with Crippen molar-refractivity contribution in [1.29, 1.82) is 0 Å². The predicted molar refractivity (Wildman–Crippen MR) is 78.5 cm³/mol. The molecule has 19 heavy (non-hydrogen) atoms. The molecule has 0 fully saturated rings. The number of halogens is 1. The number of hydrogen-bond acceptors (Lipinski definition) is 2. The first-order valence-electron chi connectivity index (χ1n) is 6.33. The summed E-state index contributed by atoms with van der Waals surface area (Å²) in [6.45, 7) is 2.50. The molecule has 1 aliphatic rings. The summed E-state index contributed by atoms with van der Waals surface area (Å²) in [4.78, 5) is 0. The average molecular weight is 319 g/mol. The van der Waals surface area contributed by atoms with Crippen LogP contribution in [-0.2, 0) is 12.0 Å². The fourth-order valence-corrected chi connectivity index (χ4v) is 3.27. The van der Waals surface area contributed by atoms with Gasteiger partial charge < -0.3 is 9.84 Å². The topological polar surface area (TPSA) is 29.5 Å². The van der Waals surface area contributed by atoms with E-state index in [9.17, 15) is 5.11 Å². The second kappa shape index (κ2) is 4.66. The first-order valence-corrected chi connectivity index (χ1v) is 7.12. The Morgan fingerprint density at radius 2 is 1.84 bits per heavy atom. The van der Waals surface area contributed by atoms with Gasteiger partial charge in [-0.3, -0.25) is 0 Å². The van der Waals surface area contributed by atoms with Gasteiger partial charge in [0, 0.05) is 22.0 Å². The molecule has 0 aromatic heterocycles. The Bertz CT molecular complexity index is 620. The highest BCUT2D eigenvalue weighted by molar-refractivity contribution is 9.10. The predicted octanol–water partition coefficient (Wildman–Crippen LogP) is 3.64. The second-order valence-corrected chi connectivity index (χ2v) is 5.80. The summed E-state index contributed by atoms with van der Waals surface area (Å²) in [6, 6.07) is 13.7. The summed E-state index contributed by atoms with van der Waals surface area (Å²) in [5.74, 6) is 0.836. The van der Waals surface area contributed by atoms with Gasteiger partial charge >= 0.3 is 0 Å². The summed E-state index contributed by atoms with van der Waals surface area (Å²) in [5.41, 5.74) is 1.77. The molecule has 1 unspecified atom stereocenters. The molecule has 2 aromatic rings. The lowest BCUT2D eigenvalue weighted by molar-refractivity contribution is 0.0980. The minimum atomic E-state index is -1.07. The summed E-state index contributed by atoms with van der Waals surface area (Å²) >= 11 is 3.51. The van der Waals surface area contributed by atoms with Crippen LogP contribution in [0.5, 0.6) is 5.75 Å². The zero-order chi connectivity index (χ0) is 13.5. The minimum absolute atomic E-state index is 0.693. The van der Waals surface area contributed by atoms with Crippen LogP contribution in [0.2, 0.25) is 0 Å². The molecule has 0 bridgehead atoms. The van der Waals surface area contributed by atoms with Crippen molar-refractivity contribution in [2.24, 2.45) is 0 Å². The zero-order valence-corrected chi connectivity index (χ0v) is 12.3. The Kier molecular flexibility index (Phi) is 3.11. The molecule has 0 spiro atoms. The first kappa shape index (κ1) is 12.7. The molecule has 1 N–H and O–H groups in total. The van der Waals surface area contributed by atoms with Crippen LogP contribution in [-0.4, -0.2) is 11.7 Å². The Labute approximate surface area is 121 Å². The van der Waals surface area contributed by atoms with E-state index in [0.29, 0.717) is 6.61 Å². The lowest BCUT2D eigenvalue weighted by Gasteiger charge is -2.27. The van der Waals surface area contributed by atoms with Crippen LogP contribution in [0.25, 0.3) is 0 Å². The van der Waals surface area contributed by atoms with Crippen LogP contribution in [0.1, 0.15) is 23.6 Å². The Hall–Kier alpha value is -1.32. The van der Waals surface area contributed by atoms with Gasteiger partial charge in [0.25, 0.3) is 0 Å². The third kappa shape index (κ3) is 2.07. The van der Waals surface area contributed by atoms with Crippen molar-refractivity contribution in [3.8, 4) is 5.75 Å². The Morgan fingerprint density at radius 1 is 1.11 bits per heavy atom. The molecule has 2 aromatic carbocycles. The lowest BCUT2D eigenvalue weighted by atomic mass is 9.86. The number of rotatable bonds is 2. The number of para-hydroxylation sites is 1. The van der Waals surface area contributed by atoms with Gasteiger partial charge in [-0.05, 0) is 18.6 Å². The summed E-state index contributed by atoms with van der Waals surface area (Å²) in [6.07, 6.45) is 0.912. The summed E-state index contributed by atoms with van der Waals surface area (Å²) in [7, 11) is 0. The fourth-order valence-electron chi connectivity index (χ4n) is 2.60. The maximum absolute atomic E-state index is 11.0. The molecule has 0 amide bonds. The van der Waals surface area contributed by atoms with Gasteiger partial charge in [0.2, 0.25) is 0 Å². The number of hydrogen-bond donors (Lipinski definition) is 1. The van der Waals surface area contributed by atoms with Crippen molar-refractivity contribution in [2.75, 3.05) is 6.61 Å². The smallest absolute Gasteiger partial charge is 0.129 e. The monoisotopic (exact) mass is 318 g/mol. The maximum atomic E-state index is 11.0. The van der Waals surface area contributed by atoms with E-state index in [2.05, 4.69) is 22.0 Å². The fraction of sp³-hybridized carbons (Fsp3) is 0.250. The number of aliphatic hydroxyl groups is 1. The minimum Gasteiger partial charge on any atom is -0.493 e. The van der Waals surface area contributed by atoms with Crippen LogP contribution in [0.15, 0.2) is 46.9 Å². The van der Waals surface area contributed by atoms with E-state index in [1.165, 1.54) is 5.56 Å². The van der Waals surface area contributed by atoms with Gasteiger partial charge in [0.05, 0.1) is 6.61 Å². The molecule has 1 heterocycles. The van der Waals surface area contributed by atoms with Crippen LogP contribution in [0.4, 0.5) is 0 Å². The molecule has 1 aliphatic heterocycles. The molecule has 1 atom stereocenters. The highest BCUT2D eigenvalue weighted by Crippen LogP contribution is 2.41. The van der Waals surface area contributed by atoms with Crippen molar-refractivity contribution >= 4 is 15.9 Å². The molecule has 98 valence electrons. The standard InChI is InChI=1S/C16H15BrO2/c1-16(18,12-6-2-3-8-14(12)17)13-7-4-5-11-9-10-19-15(11)13/h2-8,18H,9-10H2,1H3. The second-order valence-electron chi connectivity index (χ2n) is 4.94. The third-order valence-electron chi connectivity index (χ3n) is 3.64. The molecular formula is C16H15BrO2. The van der Waals surface area contributed by atoms with E-state index in [4.69, 9.17) is 4.74 Å². The number of fused-ring (bicyclic) bond motifs is 1. The Balaban J connectivity index is 2.16. The van der Waals surface area contributed by atoms with E-state index in [0.717, 1.165) is 27.8 Å². The Morgan fingerprint density at radius 3 is 2.63 bits per heavy atom. The molecule has 0 saturated carbocycles. The van der Waals surface area contributed by atoms with Gasteiger partial charge in [-0.1, -0.05) is 52.3 Å².